The Kier molecular flexibility index (Phi) is 4.70. The molecule has 29 heavy (non-hydrogen) atoms. The Hall–Kier alpha value is -3.42. The van der Waals surface area contributed by atoms with Gasteiger partial charge in [0, 0.05) is 34.2 Å². The summed E-state index contributed by atoms with van der Waals surface area (Å²) in [7, 11) is 0. The van der Waals surface area contributed by atoms with E-state index in [9.17, 15) is 9.59 Å². The zero-order valence-electron chi connectivity index (χ0n) is 15.4. The van der Waals surface area contributed by atoms with Gasteiger partial charge in [0.2, 0.25) is 0 Å². The van der Waals surface area contributed by atoms with Gasteiger partial charge in [-0.1, -0.05) is 17.7 Å². The average Bonchev–Trinajstić information content (AvgIpc) is 2.95. The molecule has 146 valence electrons. The van der Waals surface area contributed by atoms with Gasteiger partial charge in [0.25, 0.3) is 11.8 Å². The molecule has 1 aromatic heterocycles. The molecule has 0 fully saturated rings. The molecular weight excluding hydrogens is 392 g/mol. The molecular formula is C21H17ClN4O3. The summed E-state index contributed by atoms with van der Waals surface area (Å²) in [5.74, 6) is -0.790. The maximum Gasteiger partial charge on any atom is 0.274 e. The fourth-order valence-electron chi connectivity index (χ4n) is 3.47. The van der Waals surface area contributed by atoms with Crippen molar-refractivity contribution in [2.24, 2.45) is 0 Å². The fraction of sp³-hybridized carbons (Fsp3) is 0.0952. The third-order valence-corrected chi connectivity index (χ3v) is 5.15. The monoisotopic (exact) mass is 408 g/mol. The molecule has 4 rings (SSSR count). The minimum absolute atomic E-state index is 0.181. The maximum atomic E-state index is 13.5. The van der Waals surface area contributed by atoms with Crippen LogP contribution >= 0.6 is 11.6 Å². The molecule has 1 unspecified atom stereocenters. The highest BCUT2D eigenvalue weighted by Gasteiger charge is 2.48. The molecule has 2 aromatic carbocycles. The van der Waals surface area contributed by atoms with Gasteiger partial charge in [-0.25, -0.2) is 5.48 Å². The average molecular weight is 409 g/mol. The Labute approximate surface area is 171 Å². The summed E-state index contributed by atoms with van der Waals surface area (Å²) in [5, 5.41) is 12.5. The van der Waals surface area contributed by atoms with Crippen LogP contribution in [0.1, 0.15) is 22.8 Å². The van der Waals surface area contributed by atoms with Gasteiger partial charge in [0.05, 0.1) is 11.4 Å². The molecule has 1 aliphatic rings. The molecule has 0 spiro atoms. The van der Waals surface area contributed by atoms with Gasteiger partial charge in [-0.05, 0) is 55.5 Å². The first-order chi connectivity index (χ1) is 13.9. The molecule has 3 N–H and O–H groups in total. The smallest absolute Gasteiger partial charge is 0.274 e. The standard InChI is InChI=1S/C21H17ClN4O3/c1-21(24-15-7-5-13(6-8-15)19(27)25-29)17-12-23-10-9-18(17)26(20(21)28)16-4-2-3-14(22)11-16/h2-12,24,29H,1H3,(H,25,27). The minimum atomic E-state index is -1.08. The zero-order chi connectivity index (χ0) is 20.6. The van der Waals surface area contributed by atoms with E-state index in [1.54, 1.807) is 78.2 Å². The van der Waals surface area contributed by atoms with Gasteiger partial charge in [0.1, 0.15) is 5.54 Å². The third-order valence-electron chi connectivity index (χ3n) is 4.92. The van der Waals surface area contributed by atoms with Crippen molar-refractivity contribution in [3.63, 3.8) is 0 Å². The Morgan fingerprint density at radius 3 is 2.62 bits per heavy atom. The van der Waals surface area contributed by atoms with Crippen molar-refractivity contribution in [1.82, 2.24) is 10.5 Å². The first-order valence-corrected chi connectivity index (χ1v) is 9.19. The summed E-state index contributed by atoms with van der Waals surface area (Å²) < 4.78 is 0. The Morgan fingerprint density at radius 2 is 1.93 bits per heavy atom. The van der Waals surface area contributed by atoms with Crippen molar-refractivity contribution < 1.29 is 14.8 Å². The number of amides is 2. The Balaban J connectivity index is 1.73. The second-order valence-corrected chi connectivity index (χ2v) is 7.22. The van der Waals surface area contributed by atoms with Crippen molar-refractivity contribution in [2.75, 3.05) is 10.2 Å². The topological polar surface area (TPSA) is 94.6 Å². The number of hydrogen-bond donors (Lipinski definition) is 3. The van der Waals surface area contributed by atoms with Gasteiger partial charge in [0.15, 0.2) is 0 Å². The Bertz CT molecular complexity index is 1100. The first-order valence-electron chi connectivity index (χ1n) is 8.81. The van der Waals surface area contributed by atoms with E-state index in [1.165, 1.54) is 0 Å². The number of carbonyl (C=O) groups is 2. The molecule has 0 saturated heterocycles. The van der Waals surface area contributed by atoms with Crippen molar-refractivity contribution in [3.8, 4) is 0 Å². The van der Waals surface area contributed by atoms with Crippen LogP contribution in [-0.2, 0) is 10.3 Å². The van der Waals surface area contributed by atoms with E-state index >= 15 is 0 Å². The molecule has 7 nitrogen and oxygen atoms in total. The predicted octanol–water partition coefficient (Wildman–Crippen LogP) is 3.86. The number of nitrogens with one attached hydrogen (secondary N) is 2. The molecule has 0 bridgehead atoms. The van der Waals surface area contributed by atoms with Crippen LogP contribution in [0.2, 0.25) is 5.02 Å². The number of carbonyl (C=O) groups excluding carboxylic acids is 2. The second kappa shape index (κ2) is 7.20. The van der Waals surface area contributed by atoms with Crippen LogP contribution in [0.15, 0.2) is 67.0 Å². The zero-order valence-corrected chi connectivity index (χ0v) is 16.1. The van der Waals surface area contributed by atoms with Gasteiger partial charge in [-0.2, -0.15) is 0 Å². The number of fused-ring (bicyclic) bond motifs is 1. The summed E-state index contributed by atoms with van der Waals surface area (Å²) in [5.41, 5.74) is 3.55. The molecule has 1 atom stereocenters. The summed E-state index contributed by atoms with van der Waals surface area (Å²) in [4.78, 5) is 30.8. The highest BCUT2D eigenvalue weighted by molar-refractivity contribution is 6.31. The van der Waals surface area contributed by atoms with E-state index in [0.717, 1.165) is 11.3 Å². The van der Waals surface area contributed by atoms with Crippen LogP contribution in [0.3, 0.4) is 0 Å². The number of pyridine rings is 1. The molecule has 8 heteroatoms. The third kappa shape index (κ3) is 3.20. The summed E-state index contributed by atoms with van der Waals surface area (Å²) >= 11 is 6.13. The number of nitrogens with zero attached hydrogens (tertiary/aromatic N) is 2. The van der Waals surface area contributed by atoms with Crippen LogP contribution in [0.25, 0.3) is 0 Å². The molecule has 0 radical (unpaired) electrons. The highest BCUT2D eigenvalue weighted by Crippen LogP contribution is 2.45. The lowest BCUT2D eigenvalue weighted by atomic mass is 9.94. The van der Waals surface area contributed by atoms with Gasteiger partial charge in [-0.15, -0.1) is 0 Å². The quantitative estimate of drug-likeness (QED) is 0.450. The molecule has 0 aliphatic carbocycles. The van der Waals surface area contributed by atoms with Gasteiger partial charge >= 0.3 is 0 Å². The lowest BCUT2D eigenvalue weighted by Crippen LogP contribution is -2.42. The van der Waals surface area contributed by atoms with Gasteiger partial charge < -0.3 is 5.32 Å². The molecule has 1 aliphatic heterocycles. The number of anilines is 3. The largest absolute Gasteiger partial charge is 0.368 e. The number of halogens is 1. The van der Waals surface area contributed by atoms with Crippen LogP contribution < -0.4 is 15.7 Å². The van der Waals surface area contributed by atoms with E-state index in [4.69, 9.17) is 16.8 Å². The van der Waals surface area contributed by atoms with Crippen LogP contribution in [0.4, 0.5) is 17.1 Å². The number of benzene rings is 2. The second-order valence-electron chi connectivity index (χ2n) is 6.78. The van der Waals surface area contributed by atoms with Crippen LogP contribution in [0, 0.1) is 0 Å². The SMILES string of the molecule is CC1(Nc2ccc(C(=O)NO)cc2)C(=O)N(c2cccc(Cl)c2)c2ccncc21. The highest BCUT2D eigenvalue weighted by atomic mass is 35.5. The number of hydrogen-bond acceptors (Lipinski definition) is 5. The molecule has 2 amide bonds. The van der Waals surface area contributed by atoms with Crippen molar-refractivity contribution >= 4 is 40.5 Å². The van der Waals surface area contributed by atoms with E-state index in [0.29, 0.717) is 22.0 Å². The number of aromatic nitrogens is 1. The predicted molar refractivity (Wildman–Crippen MR) is 110 cm³/mol. The van der Waals surface area contributed by atoms with E-state index in [-0.39, 0.29) is 5.91 Å². The lowest BCUT2D eigenvalue weighted by Gasteiger charge is -2.27. The molecule has 3 aromatic rings. The van der Waals surface area contributed by atoms with E-state index < -0.39 is 11.4 Å². The van der Waals surface area contributed by atoms with E-state index in [1.807, 2.05) is 6.07 Å². The van der Waals surface area contributed by atoms with Crippen LogP contribution in [-0.4, -0.2) is 22.0 Å². The lowest BCUT2D eigenvalue weighted by molar-refractivity contribution is -0.121. The number of rotatable bonds is 4. The first kappa shape index (κ1) is 18.9. The van der Waals surface area contributed by atoms with Crippen molar-refractivity contribution in [3.05, 3.63) is 83.1 Å². The minimum Gasteiger partial charge on any atom is -0.368 e. The normalized spacial score (nSPS) is 17.8. The summed E-state index contributed by atoms with van der Waals surface area (Å²) in [6, 6.07) is 15.3. The van der Waals surface area contributed by atoms with Crippen molar-refractivity contribution in [1.29, 1.82) is 0 Å². The van der Waals surface area contributed by atoms with Gasteiger partial charge in [-0.3, -0.25) is 24.7 Å². The molecule has 0 saturated carbocycles. The maximum absolute atomic E-state index is 13.5. The van der Waals surface area contributed by atoms with E-state index in [2.05, 4.69) is 10.3 Å². The summed E-state index contributed by atoms with van der Waals surface area (Å²) in [6.07, 6.45) is 3.30. The van der Waals surface area contributed by atoms with Crippen molar-refractivity contribution in [2.45, 2.75) is 12.5 Å². The summed E-state index contributed by atoms with van der Waals surface area (Å²) in [6.45, 7) is 1.79. The number of hydroxylamine groups is 1. The van der Waals surface area contributed by atoms with Crippen LogP contribution in [0.5, 0.6) is 0 Å². The Morgan fingerprint density at radius 1 is 1.17 bits per heavy atom. The molecule has 2 heterocycles. The fourth-order valence-corrected chi connectivity index (χ4v) is 3.65.